The lowest BCUT2D eigenvalue weighted by atomic mass is 10.1. The number of amides is 1. The number of rotatable bonds is 7. The van der Waals surface area contributed by atoms with E-state index in [2.05, 4.69) is 37.8 Å². The van der Waals surface area contributed by atoms with E-state index >= 15 is 0 Å². The van der Waals surface area contributed by atoms with Crippen LogP contribution in [-0.4, -0.2) is 34.5 Å². The highest BCUT2D eigenvalue weighted by atomic mass is 35.5. The minimum absolute atomic E-state index is 0.0230. The van der Waals surface area contributed by atoms with Crippen molar-refractivity contribution in [2.24, 2.45) is 0 Å². The molecule has 0 saturated carbocycles. The second kappa shape index (κ2) is 11.8. The van der Waals surface area contributed by atoms with Gasteiger partial charge in [0.25, 0.3) is 0 Å². The van der Waals surface area contributed by atoms with E-state index in [1.807, 2.05) is 19.1 Å². The van der Waals surface area contributed by atoms with Crippen molar-refractivity contribution >= 4 is 50.6 Å². The summed E-state index contributed by atoms with van der Waals surface area (Å²) in [6.07, 6.45) is 2.77. The van der Waals surface area contributed by atoms with Gasteiger partial charge in [-0.3, -0.25) is 4.79 Å². The molecule has 2 aromatic heterocycles. The molecule has 0 radical (unpaired) electrons. The predicted molar refractivity (Wildman–Crippen MR) is 148 cm³/mol. The topological polar surface area (TPSA) is 88.2 Å². The number of thiophene rings is 1. The maximum Gasteiger partial charge on any atom is 0.219 e. The first-order valence-electron chi connectivity index (χ1n) is 12.2. The summed E-state index contributed by atoms with van der Waals surface area (Å²) in [6.45, 7) is 2.77. The van der Waals surface area contributed by atoms with E-state index in [0.717, 1.165) is 32.8 Å². The molecule has 0 aliphatic carbocycles. The molecule has 0 unspecified atom stereocenters. The van der Waals surface area contributed by atoms with Gasteiger partial charge < -0.3 is 20.7 Å². The van der Waals surface area contributed by atoms with Crippen molar-refractivity contribution in [3.05, 3.63) is 76.1 Å². The SMILES string of the molecule is CCC(=O)N[C@@H]1CN[C@@H](C#Cc2cc3c(Nc4ccc(OCc5cccc(F)c5)c(Cl)c4)ncnc3s2)C1. The van der Waals surface area contributed by atoms with Crippen molar-refractivity contribution in [1.82, 2.24) is 20.6 Å². The number of fused-ring (bicyclic) bond motifs is 1. The molecular weight excluding hydrogens is 525 g/mol. The lowest BCUT2D eigenvalue weighted by molar-refractivity contribution is -0.121. The summed E-state index contributed by atoms with van der Waals surface area (Å²) < 4.78 is 19.2. The van der Waals surface area contributed by atoms with Gasteiger partial charge in [-0.1, -0.05) is 42.5 Å². The summed E-state index contributed by atoms with van der Waals surface area (Å²) in [4.78, 5) is 22.1. The van der Waals surface area contributed by atoms with E-state index < -0.39 is 0 Å². The maximum atomic E-state index is 13.4. The van der Waals surface area contributed by atoms with Gasteiger partial charge in [-0.2, -0.15) is 0 Å². The third-order valence-electron chi connectivity index (χ3n) is 5.99. The Labute approximate surface area is 228 Å². The van der Waals surface area contributed by atoms with Gasteiger partial charge in [-0.15, -0.1) is 11.3 Å². The molecule has 1 fully saturated rings. The number of ether oxygens (including phenoxy) is 1. The van der Waals surface area contributed by atoms with Crippen molar-refractivity contribution in [2.45, 2.75) is 38.5 Å². The molecule has 1 amide bonds. The van der Waals surface area contributed by atoms with Gasteiger partial charge in [0.1, 0.15) is 35.1 Å². The number of aromatic nitrogens is 2. The van der Waals surface area contributed by atoms with Crippen LogP contribution in [0.3, 0.4) is 0 Å². The summed E-state index contributed by atoms with van der Waals surface area (Å²) in [5.41, 5.74) is 1.46. The zero-order valence-corrected chi connectivity index (χ0v) is 22.1. The van der Waals surface area contributed by atoms with Crippen molar-refractivity contribution in [3.8, 4) is 17.6 Å². The second-order valence-corrected chi connectivity index (χ2v) is 10.3. The molecule has 2 aromatic carbocycles. The number of halogens is 2. The lowest BCUT2D eigenvalue weighted by Crippen LogP contribution is -2.35. The van der Waals surface area contributed by atoms with Crippen LogP contribution in [0.2, 0.25) is 5.02 Å². The average molecular weight is 550 g/mol. The van der Waals surface area contributed by atoms with E-state index in [1.165, 1.54) is 29.8 Å². The predicted octanol–water partition coefficient (Wildman–Crippen LogP) is 5.41. The zero-order chi connectivity index (χ0) is 26.5. The Balaban J connectivity index is 1.25. The molecule has 1 saturated heterocycles. The van der Waals surface area contributed by atoms with Gasteiger partial charge in [-0.05, 0) is 48.4 Å². The molecule has 194 valence electrons. The number of anilines is 2. The third kappa shape index (κ3) is 6.40. The summed E-state index contributed by atoms with van der Waals surface area (Å²) in [5.74, 6) is 7.40. The Kier molecular flexibility index (Phi) is 8.03. The molecule has 0 spiro atoms. The molecular formula is C28H25ClFN5O2S. The van der Waals surface area contributed by atoms with E-state index in [-0.39, 0.29) is 30.4 Å². The smallest absolute Gasteiger partial charge is 0.219 e. The van der Waals surface area contributed by atoms with Gasteiger partial charge in [0.05, 0.1) is 21.3 Å². The summed E-state index contributed by atoms with van der Waals surface area (Å²) in [6, 6.07) is 13.7. The number of carbonyl (C=O) groups is 1. The van der Waals surface area contributed by atoms with Crippen LogP contribution in [0.1, 0.15) is 30.2 Å². The van der Waals surface area contributed by atoms with Crippen LogP contribution in [0.5, 0.6) is 5.75 Å². The number of hydrogen-bond donors (Lipinski definition) is 3. The standard InChI is InChI=1S/C28H25ClFN5O2S/c1-2-26(36)34-21-11-19(31-14-21)6-8-22-13-23-27(32-16-33-28(23)38-22)35-20-7-9-25(24(29)12-20)37-15-17-4-3-5-18(30)10-17/h3-5,7,9-10,12-13,16,19,21,31H,2,11,14-15H2,1H3,(H,34,36)(H,32,33,35)/t19-,21-/m0/s1. The summed E-state index contributed by atoms with van der Waals surface area (Å²) in [5, 5.41) is 10.9. The van der Waals surface area contributed by atoms with Gasteiger partial charge in [0, 0.05) is 24.7 Å². The Morgan fingerprint density at radius 2 is 2.16 bits per heavy atom. The Bertz CT molecular complexity index is 1530. The van der Waals surface area contributed by atoms with Crippen LogP contribution in [0, 0.1) is 17.7 Å². The van der Waals surface area contributed by atoms with Crippen LogP contribution < -0.4 is 20.7 Å². The van der Waals surface area contributed by atoms with Crippen LogP contribution >= 0.6 is 22.9 Å². The third-order valence-corrected chi connectivity index (χ3v) is 7.25. The van der Waals surface area contributed by atoms with Crippen LogP contribution in [0.25, 0.3) is 10.2 Å². The fraction of sp³-hybridized carbons (Fsp3) is 0.250. The van der Waals surface area contributed by atoms with Crippen molar-refractivity contribution < 1.29 is 13.9 Å². The van der Waals surface area contributed by atoms with E-state index in [0.29, 0.717) is 29.6 Å². The molecule has 3 N–H and O–H groups in total. The maximum absolute atomic E-state index is 13.4. The van der Waals surface area contributed by atoms with Gasteiger partial charge >= 0.3 is 0 Å². The van der Waals surface area contributed by atoms with Crippen LogP contribution in [0.15, 0.2) is 54.9 Å². The fourth-order valence-corrected chi connectivity index (χ4v) is 5.18. The number of nitrogens with zero attached hydrogens (tertiary/aromatic N) is 2. The normalized spacial score (nSPS) is 16.6. The highest BCUT2D eigenvalue weighted by Gasteiger charge is 2.23. The minimum atomic E-state index is -0.309. The molecule has 5 rings (SSSR count). The Morgan fingerprint density at radius 3 is 2.97 bits per heavy atom. The van der Waals surface area contributed by atoms with Crippen molar-refractivity contribution in [2.75, 3.05) is 11.9 Å². The Morgan fingerprint density at radius 1 is 1.26 bits per heavy atom. The van der Waals surface area contributed by atoms with E-state index in [4.69, 9.17) is 16.3 Å². The van der Waals surface area contributed by atoms with Gasteiger partial charge in [0.2, 0.25) is 5.91 Å². The molecule has 3 heterocycles. The molecule has 10 heteroatoms. The number of carbonyl (C=O) groups excluding carboxylic acids is 1. The quantitative estimate of drug-likeness (QED) is 0.267. The first kappa shape index (κ1) is 25.9. The van der Waals surface area contributed by atoms with Crippen molar-refractivity contribution in [1.29, 1.82) is 0 Å². The van der Waals surface area contributed by atoms with Crippen LogP contribution in [-0.2, 0) is 11.4 Å². The Hall–Kier alpha value is -3.71. The van der Waals surface area contributed by atoms with E-state index in [1.54, 1.807) is 24.3 Å². The van der Waals surface area contributed by atoms with Crippen molar-refractivity contribution in [3.63, 3.8) is 0 Å². The zero-order valence-electron chi connectivity index (χ0n) is 20.6. The molecule has 4 aromatic rings. The van der Waals surface area contributed by atoms with Gasteiger partial charge in [-0.25, -0.2) is 14.4 Å². The number of nitrogens with one attached hydrogen (secondary N) is 3. The molecule has 7 nitrogen and oxygen atoms in total. The minimum Gasteiger partial charge on any atom is -0.487 e. The highest BCUT2D eigenvalue weighted by Crippen LogP contribution is 2.33. The average Bonchev–Trinajstić information content (AvgIpc) is 3.54. The monoisotopic (exact) mass is 549 g/mol. The number of hydrogen-bond acceptors (Lipinski definition) is 7. The summed E-state index contributed by atoms with van der Waals surface area (Å²) >= 11 is 7.94. The molecule has 0 bridgehead atoms. The number of benzene rings is 2. The molecule has 2 atom stereocenters. The first-order chi connectivity index (χ1) is 18.5. The van der Waals surface area contributed by atoms with Gasteiger partial charge in [0.15, 0.2) is 0 Å². The van der Waals surface area contributed by atoms with E-state index in [9.17, 15) is 9.18 Å². The first-order valence-corrected chi connectivity index (χ1v) is 13.4. The highest BCUT2D eigenvalue weighted by molar-refractivity contribution is 7.19. The molecule has 1 aliphatic heterocycles. The summed E-state index contributed by atoms with van der Waals surface area (Å²) in [7, 11) is 0. The fourth-order valence-electron chi connectivity index (χ4n) is 4.08. The molecule has 1 aliphatic rings. The van der Waals surface area contributed by atoms with Crippen LogP contribution in [0.4, 0.5) is 15.9 Å². The lowest BCUT2D eigenvalue weighted by Gasteiger charge is -2.11. The second-order valence-electron chi connectivity index (χ2n) is 8.82. The molecule has 38 heavy (non-hydrogen) atoms. The largest absolute Gasteiger partial charge is 0.487 e.